The fourth-order valence-electron chi connectivity index (χ4n) is 3.33. The van der Waals surface area contributed by atoms with Gasteiger partial charge in [0.1, 0.15) is 34.8 Å². The van der Waals surface area contributed by atoms with Gasteiger partial charge in [-0.15, -0.1) is 0 Å². The summed E-state index contributed by atoms with van der Waals surface area (Å²) in [7, 11) is 0. The quantitative estimate of drug-likeness (QED) is 0.763. The van der Waals surface area contributed by atoms with Crippen molar-refractivity contribution in [1.82, 2.24) is 0 Å². The number of hydrogen-bond donors (Lipinski definition) is 2. The summed E-state index contributed by atoms with van der Waals surface area (Å²) in [5.74, 6) is -1.73. The Bertz CT molecular complexity index is 822. The van der Waals surface area contributed by atoms with E-state index in [9.17, 15) is 19.8 Å². The highest BCUT2D eigenvalue weighted by Gasteiger charge is 2.51. The number of ether oxygens (including phenoxy) is 4. The molecule has 2 saturated heterocycles. The summed E-state index contributed by atoms with van der Waals surface area (Å²) < 4.78 is 22.1. The van der Waals surface area contributed by atoms with Crippen molar-refractivity contribution in [2.24, 2.45) is 0 Å². The Morgan fingerprint density at radius 2 is 1.14 bits per heavy atom. The highest BCUT2D eigenvalue weighted by atomic mass is 16.7. The zero-order valence-corrected chi connectivity index (χ0v) is 14.7. The predicted molar refractivity (Wildman–Crippen MR) is 94.1 cm³/mol. The minimum absolute atomic E-state index is 0.0477. The van der Waals surface area contributed by atoms with Crippen LogP contribution in [-0.4, -0.2) is 59.8 Å². The molecule has 2 aromatic rings. The van der Waals surface area contributed by atoms with E-state index in [0.29, 0.717) is 0 Å². The standard InChI is InChI=1S/C20H18O8/c21-13-7-3-1-5-11(13)19(23)27-15-9-25-18-16(10-26-17(15)18)28-20(24)12-6-2-4-8-14(12)22/h1-8,15-18,21-22H,9-10H2/t15-,16+,17-,18-/m1/s1. The Morgan fingerprint density at radius 3 is 1.54 bits per heavy atom. The van der Waals surface area contributed by atoms with E-state index >= 15 is 0 Å². The summed E-state index contributed by atoms with van der Waals surface area (Å²) in [6, 6.07) is 12.1. The van der Waals surface area contributed by atoms with Crippen LogP contribution >= 0.6 is 0 Å². The van der Waals surface area contributed by atoms with Crippen molar-refractivity contribution in [3.05, 3.63) is 59.7 Å². The van der Waals surface area contributed by atoms with Gasteiger partial charge in [-0.25, -0.2) is 9.59 Å². The van der Waals surface area contributed by atoms with Crippen LogP contribution in [0.4, 0.5) is 0 Å². The highest BCUT2D eigenvalue weighted by Crippen LogP contribution is 2.32. The third kappa shape index (κ3) is 3.39. The fourth-order valence-corrected chi connectivity index (χ4v) is 3.33. The van der Waals surface area contributed by atoms with Gasteiger partial charge >= 0.3 is 11.9 Å². The number of esters is 2. The maximum absolute atomic E-state index is 12.3. The van der Waals surface area contributed by atoms with E-state index in [1.165, 1.54) is 24.3 Å². The Balaban J connectivity index is 1.39. The lowest BCUT2D eigenvalue weighted by Gasteiger charge is -2.17. The van der Waals surface area contributed by atoms with E-state index in [4.69, 9.17) is 18.9 Å². The Kier molecular flexibility index (Phi) is 4.89. The third-order valence-electron chi connectivity index (χ3n) is 4.73. The van der Waals surface area contributed by atoms with Gasteiger partial charge in [0.05, 0.1) is 13.2 Å². The Labute approximate surface area is 160 Å². The number of carbonyl (C=O) groups is 2. The van der Waals surface area contributed by atoms with Gasteiger partial charge in [-0.2, -0.15) is 0 Å². The number of fused-ring (bicyclic) bond motifs is 1. The van der Waals surface area contributed by atoms with Gasteiger partial charge in [0, 0.05) is 0 Å². The van der Waals surface area contributed by atoms with E-state index in [2.05, 4.69) is 0 Å². The molecule has 2 aliphatic heterocycles. The largest absolute Gasteiger partial charge is 0.507 e. The molecule has 8 nitrogen and oxygen atoms in total. The number of hydrogen-bond acceptors (Lipinski definition) is 8. The lowest BCUT2D eigenvalue weighted by atomic mass is 10.1. The number of phenolic OH excluding ortho intramolecular Hbond substituents is 2. The molecule has 8 heteroatoms. The number of carbonyl (C=O) groups excluding carboxylic acids is 2. The predicted octanol–water partition coefficient (Wildman–Crippen LogP) is 1.65. The zero-order chi connectivity index (χ0) is 19.7. The smallest absolute Gasteiger partial charge is 0.342 e. The van der Waals surface area contributed by atoms with Crippen molar-refractivity contribution in [2.75, 3.05) is 13.2 Å². The first kappa shape index (κ1) is 18.3. The van der Waals surface area contributed by atoms with Gasteiger partial charge in [0.2, 0.25) is 0 Å². The topological polar surface area (TPSA) is 112 Å². The molecule has 0 bridgehead atoms. The van der Waals surface area contributed by atoms with Crippen LogP contribution in [0.25, 0.3) is 0 Å². The van der Waals surface area contributed by atoms with Crippen LogP contribution in [-0.2, 0) is 18.9 Å². The molecular weight excluding hydrogens is 368 g/mol. The maximum Gasteiger partial charge on any atom is 0.342 e. The lowest BCUT2D eigenvalue weighted by molar-refractivity contribution is -0.0289. The number of rotatable bonds is 4. The molecule has 4 atom stereocenters. The highest BCUT2D eigenvalue weighted by molar-refractivity contribution is 5.93. The number of benzene rings is 2. The molecule has 0 saturated carbocycles. The maximum atomic E-state index is 12.3. The second kappa shape index (κ2) is 7.49. The average Bonchev–Trinajstić information content (AvgIpc) is 3.26. The number of aromatic hydroxyl groups is 2. The summed E-state index contributed by atoms with van der Waals surface area (Å²) >= 11 is 0. The van der Waals surface area contributed by atoms with Crippen LogP contribution in [0.5, 0.6) is 11.5 Å². The first-order chi connectivity index (χ1) is 13.5. The monoisotopic (exact) mass is 386 g/mol. The van der Waals surface area contributed by atoms with Crippen LogP contribution in [0, 0.1) is 0 Å². The van der Waals surface area contributed by atoms with E-state index in [1.54, 1.807) is 24.3 Å². The third-order valence-corrected chi connectivity index (χ3v) is 4.73. The van der Waals surface area contributed by atoms with Crippen LogP contribution in [0.1, 0.15) is 20.7 Å². The van der Waals surface area contributed by atoms with Crippen LogP contribution in [0.2, 0.25) is 0 Å². The summed E-state index contributed by atoms with van der Waals surface area (Å²) in [5, 5.41) is 19.5. The minimum atomic E-state index is -0.689. The van der Waals surface area contributed by atoms with Crippen molar-refractivity contribution in [2.45, 2.75) is 24.4 Å². The molecule has 0 radical (unpaired) electrons. The molecule has 2 aliphatic rings. The van der Waals surface area contributed by atoms with E-state index in [0.717, 1.165) is 0 Å². The average molecular weight is 386 g/mol. The molecule has 0 amide bonds. The summed E-state index contributed by atoms with van der Waals surface area (Å²) in [6.07, 6.45) is -2.55. The summed E-state index contributed by atoms with van der Waals surface area (Å²) in [6.45, 7) is 0.165. The Hall–Kier alpha value is -3.10. The van der Waals surface area contributed by atoms with Gasteiger partial charge in [-0.1, -0.05) is 24.3 Å². The van der Waals surface area contributed by atoms with Crippen LogP contribution in [0.3, 0.4) is 0 Å². The molecule has 4 rings (SSSR count). The van der Waals surface area contributed by atoms with Gasteiger partial charge in [0.15, 0.2) is 12.2 Å². The summed E-state index contributed by atoms with van der Waals surface area (Å²) in [4.78, 5) is 24.6. The molecule has 2 heterocycles. The van der Waals surface area contributed by atoms with Crippen molar-refractivity contribution < 1.29 is 38.7 Å². The Morgan fingerprint density at radius 1 is 0.750 bits per heavy atom. The molecule has 28 heavy (non-hydrogen) atoms. The van der Waals surface area contributed by atoms with Crippen molar-refractivity contribution in [3.63, 3.8) is 0 Å². The molecule has 2 N–H and O–H groups in total. The molecule has 146 valence electrons. The SMILES string of the molecule is O=C(O[C@H]1CO[C@H]2[C@@H]1OC[C@H]2OC(=O)c1ccccc1O)c1ccccc1O. The normalized spacial score (nSPS) is 25.9. The van der Waals surface area contributed by atoms with Crippen molar-refractivity contribution in [1.29, 1.82) is 0 Å². The van der Waals surface area contributed by atoms with Crippen molar-refractivity contribution in [3.8, 4) is 11.5 Å². The van der Waals surface area contributed by atoms with Crippen LogP contribution in [0.15, 0.2) is 48.5 Å². The van der Waals surface area contributed by atoms with Crippen molar-refractivity contribution >= 4 is 11.9 Å². The summed E-state index contributed by atoms with van der Waals surface area (Å²) in [5.41, 5.74) is 0.0953. The van der Waals surface area contributed by atoms with Crippen LogP contribution < -0.4 is 0 Å². The second-order valence-electron chi connectivity index (χ2n) is 6.52. The minimum Gasteiger partial charge on any atom is -0.507 e. The second-order valence-corrected chi connectivity index (χ2v) is 6.52. The fraction of sp³-hybridized carbons (Fsp3) is 0.300. The molecule has 2 fully saturated rings. The molecule has 0 aromatic heterocycles. The number of para-hydroxylation sites is 2. The molecule has 0 aliphatic carbocycles. The molecule has 2 aromatic carbocycles. The van der Waals surface area contributed by atoms with Gasteiger partial charge < -0.3 is 29.2 Å². The molecule has 0 spiro atoms. The van der Waals surface area contributed by atoms with Gasteiger partial charge in [-0.05, 0) is 24.3 Å². The zero-order valence-electron chi connectivity index (χ0n) is 14.7. The van der Waals surface area contributed by atoms with Gasteiger partial charge in [-0.3, -0.25) is 0 Å². The van der Waals surface area contributed by atoms with E-state index in [1.807, 2.05) is 0 Å². The molecule has 0 unspecified atom stereocenters. The number of phenols is 2. The molecular formula is C20H18O8. The van der Waals surface area contributed by atoms with Gasteiger partial charge in [0.25, 0.3) is 0 Å². The van der Waals surface area contributed by atoms with E-state index in [-0.39, 0.29) is 35.8 Å². The lowest BCUT2D eigenvalue weighted by Crippen LogP contribution is -2.36. The van der Waals surface area contributed by atoms with E-state index < -0.39 is 36.4 Å². The first-order valence-corrected chi connectivity index (χ1v) is 8.76. The first-order valence-electron chi connectivity index (χ1n) is 8.76.